The molecule has 0 spiro atoms. The van der Waals surface area contributed by atoms with Crippen molar-refractivity contribution in [2.75, 3.05) is 39.6 Å². The summed E-state index contributed by atoms with van der Waals surface area (Å²) in [6.07, 6.45) is -4.50. The number of hydrogen-bond acceptors (Lipinski definition) is 4. The smallest absolute Gasteiger partial charge is 0.402 e. The van der Waals surface area contributed by atoms with Crippen LogP contribution < -0.4 is 9.47 Å². The van der Waals surface area contributed by atoms with Crippen molar-refractivity contribution in [2.24, 2.45) is 10.8 Å². The molecule has 2 fully saturated rings. The molecule has 0 N–H and O–H groups in total. The summed E-state index contributed by atoms with van der Waals surface area (Å²) in [6, 6.07) is 9.49. The average Bonchev–Trinajstić information content (AvgIpc) is 2.73. The highest BCUT2D eigenvalue weighted by atomic mass is 19.4. The van der Waals surface area contributed by atoms with Crippen molar-refractivity contribution in [2.45, 2.75) is 46.2 Å². The normalized spacial score (nSPS) is 19.2. The van der Waals surface area contributed by atoms with Gasteiger partial charge in [-0.3, -0.25) is 0 Å². The van der Waals surface area contributed by atoms with E-state index in [4.69, 9.17) is 18.9 Å². The number of ether oxygens (including phenoxy) is 4. The van der Waals surface area contributed by atoms with E-state index in [2.05, 4.69) is 13.8 Å². The fraction of sp³-hybridized carbons (Fsp3) is 0.556. The van der Waals surface area contributed by atoms with Crippen LogP contribution in [0.25, 0.3) is 0 Å². The molecule has 2 aliphatic heterocycles. The summed E-state index contributed by atoms with van der Waals surface area (Å²) in [6.45, 7) is 12.4. The third-order valence-corrected chi connectivity index (χ3v) is 7.03. The first kappa shape index (κ1) is 24.9. The van der Waals surface area contributed by atoms with Gasteiger partial charge < -0.3 is 18.9 Å². The van der Waals surface area contributed by atoms with E-state index in [0.717, 1.165) is 0 Å². The van der Waals surface area contributed by atoms with Crippen molar-refractivity contribution >= 4 is 0 Å². The van der Waals surface area contributed by atoms with Crippen molar-refractivity contribution in [1.29, 1.82) is 0 Å². The summed E-state index contributed by atoms with van der Waals surface area (Å²) in [5.41, 5.74) is -0.577. The maximum atomic E-state index is 14.6. The van der Waals surface area contributed by atoms with E-state index in [-0.39, 0.29) is 22.0 Å². The minimum atomic E-state index is -4.50. The molecule has 4 rings (SSSR count). The molecule has 34 heavy (non-hydrogen) atoms. The van der Waals surface area contributed by atoms with Crippen LogP contribution in [0.2, 0.25) is 0 Å². The average molecular weight is 479 g/mol. The van der Waals surface area contributed by atoms with Gasteiger partial charge in [-0.05, 0) is 55.2 Å². The van der Waals surface area contributed by atoms with Crippen LogP contribution in [0.4, 0.5) is 13.2 Å². The van der Waals surface area contributed by atoms with Crippen LogP contribution in [0.3, 0.4) is 0 Å². The minimum Gasteiger partial charge on any atom is -0.493 e. The first-order valence-electron chi connectivity index (χ1n) is 11.6. The number of aryl methyl sites for hydroxylation is 2. The Morgan fingerprint density at radius 1 is 0.765 bits per heavy atom. The van der Waals surface area contributed by atoms with E-state index in [9.17, 15) is 13.2 Å². The van der Waals surface area contributed by atoms with E-state index in [1.807, 2.05) is 0 Å². The molecule has 0 amide bonds. The second-order valence-corrected chi connectivity index (χ2v) is 10.8. The zero-order valence-corrected chi connectivity index (χ0v) is 20.5. The quantitative estimate of drug-likeness (QED) is 0.466. The van der Waals surface area contributed by atoms with Crippen molar-refractivity contribution in [1.82, 2.24) is 0 Å². The molecule has 4 nitrogen and oxygen atoms in total. The lowest BCUT2D eigenvalue weighted by atomic mass is 9.74. The number of alkyl halides is 3. The first-order chi connectivity index (χ1) is 15.9. The summed E-state index contributed by atoms with van der Waals surface area (Å²) in [5.74, 6) is 1.18. The SMILES string of the molecule is Cc1cc(C(C)(c2ccc(OCC3(C)COC3)c(C)c2)C(F)(F)F)ccc1OCC1(C)COC1. The van der Waals surface area contributed by atoms with Crippen molar-refractivity contribution in [3.63, 3.8) is 0 Å². The Labute approximate surface area is 199 Å². The summed E-state index contributed by atoms with van der Waals surface area (Å²) in [4.78, 5) is 0. The van der Waals surface area contributed by atoms with Gasteiger partial charge in [0.05, 0.1) is 39.6 Å². The molecular formula is C27H33F3O4. The zero-order chi connectivity index (χ0) is 24.8. The minimum absolute atomic E-state index is 0.0456. The van der Waals surface area contributed by atoms with Crippen LogP contribution in [0.1, 0.15) is 43.0 Å². The predicted octanol–water partition coefficient (Wildman–Crippen LogP) is 6.00. The Morgan fingerprint density at radius 3 is 1.41 bits per heavy atom. The third-order valence-electron chi connectivity index (χ3n) is 7.03. The van der Waals surface area contributed by atoms with Crippen molar-refractivity contribution in [3.05, 3.63) is 58.7 Å². The van der Waals surface area contributed by atoms with Gasteiger partial charge in [0.25, 0.3) is 0 Å². The van der Waals surface area contributed by atoms with Gasteiger partial charge in [0.15, 0.2) is 0 Å². The van der Waals surface area contributed by atoms with E-state index in [1.165, 1.54) is 19.1 Å². The van der Waals surface area contributed by atoms with Gasteiger partial charge >= 0.3 is 6.18 Å². The molecule has 186 valence electrons. The topological polar surface area (TPSA) is 36.9 Å². The molecule has 2 aromatic carbocycles. The fourth-order valence-corrected chi connectivity index (χ4v) is 4.31. The number of halogens is 3. The Hall–Kier alpha value is -2.25. The maximum absolute atomic E-state index is 14.6. The lowest BCUT2D eigenvalue weighted by molar-refractivity contribution is -0.173. The molecule has 2 saturated heterocycles. The van der Waals surface area contributed by atoms with Crippen molar-refractivity contribution in [3.8, 4) is 11.5 Å². The molecule has 0 atom stereocenters. The van der Waals surface area contributed by atoms with Crippen LogP contribution in [0.5, 0.6) is 11.5 Å². The van der Waals surface area contributed by atoms with Gasteiger partial charge in [0.1, 0.15) is 16.9 Å². The molecule has 0 radical (unpaired) electrons. The molecular weight excluding hydrogens is 445 g/mol. The van der Waals surface area contributed by atoms with Gasteiger partial charge in [-0.2, -0.15) is 13.2 Å². The molecule has 7 heteroatoms. The summed E-state index contributed by atoms with van der Waals surface area (Å²) in [7, 11) is 0. The zero-order valence-electron chi connectivity index (χ0n) is 20.5. The highest BCUT2D eigenvalue weighted by Crippen LogP contribution is 2.47. The standard InChI is InChI=1S/C27H33F3O4/c1-18-10-20(6-8-22(18)33-16-24(3)12-31-13-24)26(5,27(28,29)30)21-7-9-23(19(2)11-21)34-17-25(4)14-32-15-25/h6-11H,12-17H2,1-5H3. The van der Waals surface area contributed by atoms with Crippen LogP contribution in [-0.4, -0.2) is 45.8 Å². The molecule has 0 aromatic heterocycles. The van der Waals surface area contributed by atoms with Crippen LogP contribution in [0, 0.1) is 24.7 Å². The number of rotatable bonds is 8. The molecule has 0 unspecified atom stereocenters. The molecule has 2 heterocycles. The monoisotopic (exact) mass is 478 g/mol. The van der Waals surface area contributed by atoms with E-state index < -0.39 is 11.6 Å². The molecule has 0 saturated carbocycles. The predicted molar refractivity (Wildman–Crippen MR) is 124 cm³/mol. The van der Waals surface area contributed by atoms with Gasteiger partial charge in [-0.15, -0.1) is 0 Å². The molecule has 2 aromatic rings. The van der Waals surface area contributed by atoms with Gasteiger partial charge in [0, 0.05) is 10.8 Å². The maximum Gasteiger partial charge on any atom is 0.402 e. The summed E-state index contributed by atoms with van der Waals surface area (Å²) >= 11 is 0. The Balaban J connectivity index is 1.59. The Bertz CT molecular complexity index is 965. The number of benzene rings is 2. The second kappa shape index (κ2) is 8.76. The van der Waals surface area contributed by atoms with Crippen LogP contribution in [0.15, 0.2) is 36.4 Å². The summed E-state index contributed by atoms with van der Waals surface area (Å²) in [5, 5.41) is 0. The van der Waals surface area contributed by atoms with Gasteiger partial charge in [-0.25, -0.2) is 0 Å². The highest BCUT2D eigenvalue weighted by molar-refractivity contribution is 5.49. The first-order valence-corrected chi connectivity index (χ1v) is 11.6. The van der Waals surface area contributed by atoms with Gasteiger partial charge in [-0.1, -0.05) is 38.1 Å². The highest BCUT2D eigenvalue weighted by Gasteiger charge is 2.53. The third kappa shape index (κ3) is 4.65. The molecule has 0 aliphatic carbocycles. The Morgan fingerprint density at radius 2 is 1.15 bits per heavy atom. The van der Waals surface area contributed by atoms with Crippen LogP contribution in [-0.2, 0) is 14.9 Å². The van der Waals surface area contributed by atoms with E-state index in [1.54, 1.807) is 38.1 Å². The lowest BCUT2D eigenvalue weighted by Crippen LogP contribution is -2.44. The second-order valence-electron chi connectivity index (χ2n) is 10.8. The number of hydrogen-bond donors (Lipinski definition) is 0. The van der Waals surface area contributed by atoms with E-state index in [0.29, 0.717) is 62.3 Å². The van der Waals surface area contributed by atoms with E-state index >= 15 is 0 Å². The largest absolute Gasteiger partial charge is 0.493 e. The van der Waals surface area contributed by atoms with Gasteiger partial charge in [0.2, 0.25) is 0 Å². The fourth-order valence-electron chi connectivity index (χ4n) is 4.31. The molecule has 0 bridgehead atoms. The molecule has 2 aliphatic rings. The van der Waals surface area contributed by atoms with Crippen molar-refractivity contribution < 1.29 is 32.1 Å². The Kier molecular flexibility index (Phi) is 6.40. The van der Waals surface area contributed by atoms with Crippen LogP contribution >= 0.6 is 0 Å². The lowest BCUT2D eigenvalue weighted by Gasteiger charge is -2.38. The summed E-state index contributed by atoms with van der Waals surface area (Å²) < 4.78 is 66.0.